The number of halogens is 1. The first-order valence-corrected chi connectivity index (χ1v) is 7.32. The van der Waals surface area contributed by atoms with Gasteiger partial charge in [-0.15, -0.1) is 0 Å². The number of rotatable bonds is 3. The monoisotopic (exact) mass is 305 g/mol. The van der Waals surface area contributed by atoms with Crippen molar-refractivity contribution in [3.05, 3.63) is 29.4 Å². The van der Waals surface area contributed by atoms with Crippen molar-refractivity contribution in [3.63, 3.8) is 0 Å². The van der Waals surface area contributed by atoms with E-state index in [4.69, 9.17) is 16.3 Å². The number of hydrogen-bond acceptors (Lipinski definition) is 3. The topological polar surface area (TPSA) is 47.4 Å². The standard InChI is InChI=1S/C15H16ClN3O2/c1-3-18-12-6-5-10(16)7-11(12)13-8-17-15(21-4-2)19(13)9-14(18)20/h5-8H,3-4,9H2,1-2H3. The molecule has 2 aromatic rings. The molecule has 0 atom stereocenters. The lowest BCUT2D eigenvalue weighted by Gasteiger charge is -2.20. The smallest absolute Gasteiger partial charge is 0.297 e. The van der Waals surface area contributed by atoms with Crippen LogP contribution in [0.4, 0.5) is 5.69 Å². The number of likely N-dealkylation sites (N-methyl/N-ethyl adjacent to an activating group) is 1. The van der Waals surface area contributed by atoms with E-state index in [1.807, 2.05) is 26.0 Å². The van der Waals surface area contributed by atoms with Crippen LogP contribution in [-0.2, 0) is 11.3 Å². The summed E-state index contributed by atoms with van der Waals surface area (Å²) in [7, 11) is 0. The molecule has 0 N–H and O–H groups in total. The molecule has 5 nitrogen and oxygen atoms in total. The molecular weight excluding hydrogens is 290 g/mol. The lowest BCUT2D eigenvalue weighted by molar-refractivity contribution is -0.119. The summed E-state index contributed by atoms with van der Waals surface area (Å²) in [6, 6.07) is 6.00. The first-order chi connectivity index (χ1) is 10.2. The van der Waals surface area contributed by atoms with Crippen LogP contribution in [0.2, 0.25) is 5.02 Å². The van der Waals surface area contributed by atoms with Crippen molar-refractivity contribution in [2.75, 3.05) is 18.1 Å². The van der Waals surface area contributed by atoms with Gasteiger partial charge in [-0.25, -0.2) is 4.98 Å². The molecule has 0 aliphatic carbocycles. The van der Waals surface area contributed by atoms with E-state index in [2.05, 4.69) is 4.98 Å². The molecule has 110 valence electrons. The van der Waals surface area contributed by atoms with E-state index in [0.717, 1.165) is 16.9 Å². The number of nitrogens with zero attached hydrogens (tertiary/aromatic N) is 3. The molecule has 0 unspecified atom stereocenters. The SMILES string of the molecule is CCOc1ncc2n1CC(=O)N(CC)c1ccc(Cl)cc1-2. The first kappa shape index (κ1) is 13.9. The molecule has 1 aliphatic heterocycles. The van der Waals surface area contributed by atoms with Crippen molar-refractivity contribution in [2.24, 2.45) is 0 Å². The molecular formula is C15H16ClN3O2. The van der Waals surface area contributed by atoms with Crippen LogP contribution in [-0.4, -0.2) is 28.6 Å². The second-order valence-electron chi connectivity index (χ2n) is 4.74. The van der Waals surface area contributed by atoms with Crippen molar-refractivity contribution in [1.82, 2.24) is 9.55 Å². The molecule has 1 amide bonds. The number of aromatic nitrogens is 2. The van der Waals surface area contributed by atoms with Gasteiger partial charge in [0.05, 0.1) is 24.2 Å². The summed E-state index contributed by atoms with van der Waals surface area (Å²) in [5, 5.41) is 0.630. The Morgan fingerprint density at radius 2 is 2.19 bits per heavy atom. The number of fused-ring (bicyclic) bond motifs is 3. The number of imidazole rings is 1. The van der Waals surface area contributed by atoms with Crippen LogP contribution in [0.3, 0.4) is 0 Å². The molecule has 0 fully saturated rings. The maximum atomic E-state index is 12.5. The molecule has 1 aromatic carbocycles. The summed E-state index contributed by atoms with van der Waals surface area (Å²) in [4.78, 5) is 18.5. The van der Waals surface area contributed by atoms with Crippen molar-refractivity contribution in [2.45, 2.75) is 20.4 Å². The van der Waals surface area contributed by atoms with Gasteiger partial charge in [0.15, 0.2) is 0 Å². The molecule has 1 aliphatic rings. The maximum Gasteiger partial charge on any atom is 0.297 e. The van der Waals surface area contributed by atoms with E-state index >= 15 is 0 Å². The number of carbonyl (C=O) groups excluding carboxylic acids is 1. The molecule has 1 aromatic heterocycles. The number of amides is 1. The third-order valence-corrected chi connectivity index (χ3v) is 3.76. The first-order valence-electron chi connectivity index (χ1n) is 6.94. The molecule has 0 spiro atoms. The van der Waals surface area contributed by atoms with E-state index in [9.17, 15) is 4.79 Å². The van der Waals surface area contributed by atoms with Gasteiger partial charge in [-0.3, -0.25) is 9.36 Å². The second-order valence-corrected chi connectivity index (χ2v) is 5.18. The van der Waals surface area contributed by atoms with Crippen molar-refractivity contribution in [3.8, 4) is 17.3 Å². The van der Waals surface area contributed by atoms with Crippen LogP contribution < -0.4 is 9.64 Å². The number of anilines is 1. The van der Waals surface area contributed by atoms with Crippen LogP contribution in [0.15, 0.2) is 24.4 Å². The Balaban J connectivity index is 2.23. The fourth-order valence-corrected chi connectivity index (χ4v) is 2.79. The predicted octanol–water partition coefficient (Wildman–Crippen LogP) is 2.97. The molecule has 21 heavy (non-hydrogen) atoms. The number of benzene rings is 1. The van der Waals surface area contributed by atoms with Gasteiger partial charge in [-0.05, 0) is 32.0 Å². The summed E-state index contributed by atoms with van der Waals surface area (Å²) in [5.41, 5.74) is 2.60. The Labute approximate surface area is 128 Å². The minimum atomic E-state index is 0.0128. The molecule has 0 saturated carbocycles. The van der Waals surface area contributed by atoms with E-state index in [1.165, 1.54) is 0 Å². The van der Waals surface area contributed by atoms with E-state index in [0.29, 0.717) is 24.2 Å². The van der Waals surface area contributed by atoms with Crippen LogP contribution in [0.5, 0.6) is 6.01 Å². The van der Waals surface area contributed by atoms with Crippen LogP contribution in [0.25, 0.3) is 11.3 Å². The zero-order valence-corrected chi connectivity index (χ0v) is 12.7. The molecule has 2 heterocycles. The van der Waals surface area contributed by atoms with Crippen molar-refractivity contribution in [1.29, 1.82) is 0 Å². The highest BCUT2D eigenvalue weighted by molar-refractivity contribution is 6.31. The average Bonchev–Trinajstić information content (AvgIpc) is 2.79. The number of ether oxygens (including phenoxy) is 1. The average molecular weight is 306 g/mol. The zero-order chi connectivity index (χ0) is 15.0. The quantitative estimate of drug-likeness (QED) is 0.876. The van der Waals surface area contributed by atoms with Gasteiger partial charge in [-0.1, -0.05) is 11.6 Å². The third kappa shape index (κ3) is 2.27. The highest BCUT2D eigenvalue weighted by Crippen LogP contribution is 2.37. The maximum absolute atomic E-state index is 12.5. The normalized spacial score (nSPS) is 13.7. The summed E-state index contributed by atoms with van der Waals surface area (Å²) in [6.07, 6.45) is 1.73. The van der Waals surface area contributed by atoms with Crippen LogP contribution in [0, 0.1) is 0 Å². The Kier molecular flexibility index (Phi) is 3.59. The summed E-state index contributed by atoms with van der Waals surface area (Å²) >= 11 is 6.13. The van der Waals surface area contributed by atoms with E-state index < -0.39 is 0 Å². The predicted molar refractivity (Wildman–Crippen MR) is 81.9 cm³/mol. The molecule has 0 radical (unpaired) electrons. The largest absolute Gasteiger partial charge is 0.465 e. The minimum absolute atomic E-state index is 0.0128. The highest BCUT2D eigenvalue weighted by atomic mass is 35.5. The fourth-order valence-electron chi connectivity index (χ4n) is 2.62. The summed E-state index contributed by atoms with van der Waals surface area (Å²) in [6.45, 7) is 5.17. The van der Waals surface area contributed by atoms with Gasteiger partial charge in [0.25, 0.3) is 6.01 Å². The molecule has 0 saturated heterocycles. The zero-order valence-electron chi connectivity index (χ0n) is 12.0. The van der Waals surface area contributed by atoms with Crippen LogP contribution >= 0.6 is 11.6 Å². The van der Waals surface area contributed by atoms with Crippen molar-refractivity contribution < 1.29 is 9.53 Å². The lowest BCUT2D eigenvalue weighted by Crippen LogP contribution is -2.32. The van der Waals surface area contributed by atoms with Gasteiger partial charge in [-0.2, -0.15) is 0 Å². The summed E-state index contributed by atoms with van der Waals surface area (Å²) in [5.74, 6) is 0.0128. The Bertz CT molecular complexity index is 696. The van der Waals surface area contributed by atoms with Gasteiger partial charge in [0, 0.05) is 17.1 Å². The van der Waals surface area contributed by atoms with Gasteiger partial charge in [0.1, 0.15) is 6.54 Å². The Hall–Kier alpha value is -2.01. The number of hydrogen-bond donors (Lipinski definition) is 0. The highest BCUT2D eigenvalue weighted by Gasteiger charge is 2.27. The molecule has 3 rings (SSSR count). The second kappa shape index (κ2) is 5.41. The van der Waals surface area contributed by atoms with Gasteiger partial charge >= 0.3 is 0 Å². The lowest BCUT2D eigenvalue weighted by atomic mass is 10.1. The van der Waals surface area contributed by atoms with Crippen LogP contribution in [0.1, 0.15) is 13.8 Å². The Morgan fingerprint density at radius 3 is 2.90 bits per heavy atom. The fraction of sp³-hybridized carbons (Fsp3) is 0.333. The van der Waals surface area contributed by atoms with Crippen molar-refractivity contribution >= 4 is 23.2 Å². The van der Waals surface area contributed by atoms with E-state index in [1.54, 1.807) is 21.7 Å². The number of carbonyl (C=O) groups is 1. The van der Waals surface area contributed by atoms with E-state index in [-0.39, 0.29) is 12.5 Å². The third-order valence-electron chi connectivity index (χ3n) is 3.53. The Morgan fingerprint density at radius 1 is 1.38 bits per heavy atom. The van der Waals surface area contributed by atoms with Gasteiger partial charge < -0.3 is 9.64 Å². The van der Waals surface area contributed by atoms with Gasteiger partial charge in [0.2, 0.25) is 5.91 Å². The molecule has 0 bridgehead atoms. The summed E-state index contributed by atoms with van der Waals surface area (Å²) < 4.78 is 7.31. The minimum Gasteiger partial charge on any atom is -0.465 e. The molecule has 6 heteroatoms.